The van der Waals surface area contributed by atoms with Crippen molar-refractivity contribution in [1.82, 2.24) is 0 Å². The van der Waals surface area contributed by atoms with Gasteiger partial charge in [0.1, 0.15) is 6.04 Å². The van der Waals surface area contributed by atoms with Crippen LogP contribution in [0.15, 0.2) is 35.5 Å². The number of nitrogens with one attached hydrogen (secondary N) is 1. The predicted molar refractivity (Wildman–Crippen MR) is 94.4 cm³/mol. The first-order valence-corrected chi connectivity index (χ1v) is 9.34. The van der Waals surface area contributed by atoms with Gasteiger partial charge in [0.2, 0.25) is 0 Å². The molecule has 2 fully saturated rings. The van der Waals surface area contributed by atoms with Crippen molar-refractivity contribution >= 4 is 11.7 Å². The van der Waals surface area contributed by atoms with Crippen LogP contribution in [-0.4, -0.2) is 36.9 Å². The SMILES string of the molecule is CCC1C2CC[N+]3([O-])CCC4(C(=C2C(=O)OC)Nc2ccccc24)C13. The molecular weight excluding hydrogens is 316 g/mol. The molecule has 132 valence electrons. The summed E-state index contributed by atoms with van der Waals surface area (Å²) in [4.78, 5) is 12.8. The van der Waals surface area contributed by atoms with E-state index in [-0.39, 0.29) is 33.9 Å². The first-order valence-electron chi connectivity index (χ1n) is 9.34. The van der Waals surface area contributed by atoms with E-state index in [0.717, 1.165) is 36.2 Å². The molecule has 5 heteroatoms. The van der Waals surface area contributed by atoms with Crippen molar-refractivity contribution in [1.29, 1.82) is 0 Å². The number of esters is 1. The smallest absolute Gasteiger partial charge is 0.335 e. The summed E-state index contributed by atoms with van der Waals surface area (Å²) < 4.78 is 5.09. The van der Waals surface area contributed by atoms with Crippen LogP contribution in [0, 0.1) is 17.0 Å². The van der Waals surface area contributed by atoms with Crippen LogP contribution in [0.5, 0.6) is 0 Å². The van der Waals surface area contributed by atoms with E-state index in [2.05, 4.69) is 24.4 Å². The van der Waals surface area contributed by atoms with Gasteiger partial charge in [-0.3, -0.25) is 0 Å². The highest BCUT2D eigenvalue weighted by molar-refractivity contribution is 5.93. The Morgan fingerprint density at radius 3 is 2.96 bits per heavy atom. The number of carbonyl (C=O) groups excluding carboxylic acids is 1. The van der Waals surface area contributed by atoms with Crippen LogP contribution < -0.4 is 5.32 Å². The molecule has 1 aromatic carbocycles. The van der Waals surface area contributed by atoms with Crippen molar-refractivity contribution in [2.75, 3.05) is 25.5 Å². The highest BCUT2D eigenvalue weighted by atomic mass is 16.6. The molecule has 4 aliphatic rings. The number of anilines is 1. The van der Waals surface area contributed by atoms with Crippen molar-refractivity contribution in [3.63, 3.8) is 0 Å². The second-order valence-electron chi connectivity index (χ2n) is 7.98. The first kappa shape index (κ1) is 15.4. The topological polar surface area (TPSA) is 61.4 Å². The van der Waals surface area contributed by atoms with Crippen LogP contribution in [0.25, 0.3) is 0 Å². The van der Waals surface area contributed by atoms with E-state index in [4.69, 9.17) is 4.74 Å². The molecule has 2 bridgehead atoms. The third-order valence-corrected chi connectivity index (χ3v) is 7.27. The van der Waals surface area contributed by atoms with E-state index in [1.165, 1.54) is 12.7 Å². The van der Waals surface area contributed by atoms with E-state index in [9.17, 15) is 10.0 Å². The molecule has 0 amide bonds. The molecule has 5 unspecified atom stereocenters. The maximum absolute atomic E-state index is 13.7. The Hall–Kier alpha value is -1.85. The molecule has 0 aromatic heterocycles. The Morgan fingerprint density at radius 1 is 1.40 bits per heavy atom. The second kappa shape index (κ2) is 4.86. The number of nitrogens with zero attached hydrogens (tertiary/aromatic N) is 1. The minimum atomic E-state index is -0.348. The molecule has 3 aliphatic heterocycles. The van der Waals surface area contributed by atoms with Crippen molar-refractivity contribution in [2.24, 2.45) is 11.8 Å². The quantitative estimate of drug-likeness (QED) is 0.511. The fourth-order valence-corrected chi connectivity index (χ4v) is 6.46. The largest absolute Gasteiger partial charge is 0.633 e. The summed E-state index contributed by atoms with van der Waals surface area (Å²) in [5.41, 5.74) is 3.67. The molecule has 5 atom stereocenters. The number of hydrogen-bond donors (Lipinski definition) is 1. The maximum atomic E-state index is 13.7. The average Bonchev–Trinajstić information content (AvgIpc) is 3.14. The predicted octanol–water partition coefficient (Wildman–Crippen LogP) is 2.92. The Labute approximate surface area is 147 Å². The fraction of sp³-hybridized carbons (Fsp3) is 0.550. The number of hydroxylamine groups is 3. The number of carbonyl (C=O) groups is 1. The molecule has 5 rings (SSSR count). The number of piperidine rings is 1. The van der Waals surface area contributed by atoms with Gasteiger partial charge in [-0.1, -0.05) is 25.1 Å². The zero-order valence-electron chi connectivity index (χ0n) is 14.7. The number of rotatable bonds is 2. The van der Waals surface area contributed by atoms with E-state index >= 15 is 0 Å². The standard InChI is InChI=1S/C20H24N2O3/c1-3-12-13-8-10-22(24)11-9-20(18(12)22)14-6-4-5-7-15(14)21-17(20)16(13)19(23)25-2/h4-7,12-13,18,21H,3,8-11H2,1-2H3. The highest BCUT2D eigenvalue weighted by Crippen LogP contribution is 2.64. The number of fused-ring (bicyclic) bond motifs is 2. The van der Waals surface area contributed by atoms with Crippen LogP contribution in [0.2, 0.25) is 0 Å². The molecule has 1 N–H and O–H groups in total. The Morgan fingerprint density at radius 2 is 2.20 bits per heavy atom. The maximum Gasteiger partial charge on any atom is 0.335 e. The van der Waals surface area contributed by atoms with Gasteiger partial charge in [-0.05, 0) is 18.1 Å². The summed E-state index contributed by atoms with van der Waals surface area (Å²) >= 11 is 0. The van der Waals surface area contributed by atoms with Gasteiger partial charge in [-0.2, -0.15) is 0 Å². The van der Waals surface area contributed by atoms with Gasteiger partial charge in [0, 0.05) is 36.1 Å². The molecule has 25 heavy (non-hydrogen) atoms. The van der Waals surface area contributed by atoms with Crippen LogP contribution in [0.3, 0.4) is 0 Å². The van der Waals surface area contributed by atoms with E-state index in [0.29, 0.717) is 13.1 Å². The first-order chi connectivity index (χ1) is 12.1. The summed E-state index contributed by atoms with van der Waals surface area (Å²) in [5, 5.41) is 17.2. The molecule has 1 spiro atoms. The Balaban J connectivity index is 1.85. The minimum Gasteiger partial charge on any atom is -0.633 e. The summed E-state index contributed by atoms with van der Waals surface area (Å²) in [6.07, 6.45) is 2.51. The third kappa shape index (κ3) is 1.64. The van der Waals surface area contributed by atoms with Crippen molar-refractivity contribution in [3.05, 3.63) is 46.3 Å². The van der Waals surface area contributed by atoms with Gasteiger partial charge >= 0.3 is 5.97 Å². The van der Waals surface area contributed by atoms with E-state index in [1.54, 1.807) is 0 Å². The van der Waals surface area contributed by atoms with Crippen LogP contribution in [0.1, 0.15) is 31.7 Å². The molecule has 5 nitrogen and oxygen atoms in total. The average molecular weight is 340 g/mol. The molecular formula is C20H24N2O3. The molecule has 1 aliphatic carbocycles. The Bertz CT molecular complexity index is 804. The monoisotopic (exact) mass is 340 g/mol. The highest BCUT2D eigenvalue weighted by Gasteiger charge is 2.69. The third-order valence-electron chi connectivity index (χ3n) is 7.27. The second-order valence-corrected chi connectivity index (χ2v) is 7.98. The summed E-state index contributed by atoms with van der Waals surface area (Å²) in [5.74, 6) is 0.139. The van der Waals surface area contributed by atoms with Gasteiger partial charge in [-0.15, -0.1) is 0 Å². The number of ether oxygens (including phenoxy) is 1. The van der Waals surface area contributed by atoms with Crippen molar-refractivity contribution < 1.29 is 14.2 Å². The lowest BCUT2D eigenvalue weighted by molar-refractivity contribution is -0.906. The zero-order chi connectivity index (χ0) is 17.4. The zero-order valence-corrected chi connectivity index (χ0v) is 14.7. The van der Waals surface area contributed by atoms with Crippen molar-refractivity contribution in [3.8, 4) is 0 Å². The molecule has 0 radical (unpaired) electrons. The van der Waals surface area contributed by atoms with Gasteiger partial charge in [0.05, 0.1) is 31.2 Å². The van der Waals surface area contributed by atoms with Gasteiger partial charge < -0.3 is 19.9 Å². The van der Waals surface area contributed by atoms with Crippen LogP contribution in [0.4, 0.5) is 5.69 Å². The van der Waals surface area contributed by atoms with Crippen molar-refractivity contribution in [2.45, 2.75) is 37.6 Å². The fourth-order valence-electron chi connectivity index (χ4n) is 6.46. The van der Waals surface area contributed by atoms with Gasteiger partial charge in [0.15, 0.2) is 0 Å². The van der Waals surface area contributed by atoms with Crippen LogP contribution in [-0.2, 0) is 14.9 Å². The van der Waals surface area contributed by atoms with Crippen LogP contribution >= 0.6 is 0 Å². The lowest BCUT2D eigenvalue weighted by Gasteiger charge is -2.58. The lowest BCUT2D eigenvalue weighted by Crippen LogP contribution is -2.64. The number of methoxy groups -OCH3 is 1. The lowest BCUT2D eigenvalue weighted by atomic mass is 9.57. The summed E-state index contributed by atoms with van der Waals surface area (Å²) in [6.45, 7) is 3.42. The molecule has 0 saturated carbocycles. The Kier molecular flexibility index (Phi) is 3.00. The summed E-state index contributed by atoms with van der Waals surface area (Å²) in [6, 6.07) is 8.27. The summed E-state index contributed by atoms with van der Waals surface area (Å²) in [7, 11) is 1.46. The van der Waals surface area contributed by atoms with E-state index < -0.39 is 0 Å². The molecule has 1 aromatic rings. The number of benzene rings is 1. The molecule has 3 heterocycles. The van der Waals surface area contributed by atoms with Gasteiger partial charge in [-0.25, -0.2) is 4.79 Å². The number of quaternary nitrogens is 1. The number of hydrogen-bond acceptors (Lipinski definition) is 4. The van der Waals surface area contributed by atoms with E-state index in [1.807, 2.05) is 12.1 Å². The minimum absolute atomic E-state index is 0.0100. The van der Waals surface area contributed by atoms with Gasteiger partial charge in [0.25, 0.3) is 0 Å². The normalized spacial score (nSPS) is 40.4. The molecule has 2 saturated heterocycles. The number of para-hydroxylation sites is 1.